The highest BCUT2D eigenvalue weighted by atomic mass is 19.4. The fourth-order valence-corrected chi connectivity index (χ4v) is 3.08. The van der Waals surface area contributed by atoms with Crippen molar-refractivity contribution in [2.75, 3.05) is 32.8 Å². The van der Waals surface area contributed by atoms with Gasteiger partial charge in [0, 0.05) is 25.7 Å². The lowest BCUT2D eigenvalue weighted by molar-refractivity contribution is -0.143. The number of amides is 1. The topological polar surface area (TPSA) is 59.4 Å². The maximum atomic E-state index is 14.0. The fourth-order valence-electron chi connectivity index (χ4n) is 3.08. The number of aromatic nitrogens is 2. The number of morpholine rings is 1. The summed E-state index contributed by atoms with van der Waals surface area (Å²) >= 11 is 0. The van der Waals surface area contributed by atoms with Crippen LogP contribution in [0, 0.1) is 5.82 Å². The number of carbonyl (C=O) groups is 1. The van der Waals surface area contributed by atoms with Crippen LogP contribution < -0.4 is 5.32 Å². The number of carbonyl (C=O) groups excluding carboxylic acids is 1. The van der Waals surface area contributed by atoms with Crippen molar-refractivity contribution < 1.29 is 27.1 Å². The second-order valence-corrected chi connectivity index (χ2v) is 6.48. The standard InChI is InChI=1S/C18H20F4N4O2/c1-12(25-6-8-28-9-7-25)10-23-17(27)13-11-24-26(16(13)18(20,21)22)15-5-3-2-4-14(15)19/h2-5,11-12H,6-10H2,1H3,(H,23,27). The molecule has 152 valence electrons. The van der Waals surface area contributed by atoms with E-state index >= 15 is 0 Å². The first-order chi connectivity index (χ1) is 13.3. The van der Waals surface area contributed by atoms with Gasteiger partial charge in [0.05, 0.1) is 25.0 Å². The molecule has 1 N–H and O–H groups in total. The summed E-state index contributed by atoms with van der Waals surface area (Å²) in [6.07, 6.45) is -4.08. The third-order valence-electron chi connectivity index (χ3n) is 4.59. The molecule has 3 rings (SSSR count). The van der Waals surface area contributed by atoms with Gasteiger partial charge in [-0.05, 0) is 19.1 Å². The van der Waals surface area contributed by atoms with Gasteiger partial charge in [0.1, 0.15) is 11.5 Å². The normalized spacial score (nSPS) is 16.8. The Morgan fingerprint density at radius 2 is 1.96 bits per heavy atom. The number of benzene rings is 1. The fraction of sp³-hybridized carbons (Fsp3) is 0.444. The molecule has 1 unspecified atom stereocenters. The zero-order valence-corrected chi connectivity index (χ0v) is 15.2. The maximum Gasteiger partial charge on any atom is 0.434 e. The number of hydrogen-bond acceptors (Lipinski definition) is 4. The van der Waals surface area contributed by atoms with Crippen molar-refractivity contribution in [2.45, 2.75) is 19.1 Å². The van der Waals surface area contributed by atoms with Crippen molar-refractivity contribution >= 4 is 5.91 Å². The lowest BCUT2D eigenvalue weighted by atomic mass is 10.2. The molecule has 1 aromatic heterocycles. The van der Waals surface area contributed by atoms with Crippen LogP contribution >= 0.6 is 0 Å². The molecule has 2 heterocycles. The number of ether oxygens (including phenoxy) is 1. The van der Waals surface area contributed by atoms with Gasteiger partial charge in [-0.1, -0.05) is 12.1 Å². The second kappa shape index (κ2) is 8.27. The Labute approximate surface area is 159 Å². The third kappa shape index (κ3) is 4.33. The first kappa shape index (κ1) is 20.3. The summed E-state index contributed by atoms with van der Waals surface area (Å²) in [7, 11) is 0. The van der Waals surface area contributed by atoms with Crippen LogP contribution in [-0.4, -0.2) is 59.5 Å². The number of alkyl halides is 3. The van der Waals surface area contributed by atoms with Crippen molar-refractivity contribution in [3.05, 3.63) is 47.5 Å². The van der Waals surface area contributed by atoms with E-state index < -0.39 is 29.2 Å². The first-order valence-corrected chi connectivity index (χ1v) is 8.79. The predicted molar refractivity (Wildman–Crippen MR) is 92.7 cm³/mol. The average Bonchev–Trinajstić information content (AvgIpc) is 3.12. The molecule has 0 saturated carbocycles. The Balaban J connectivity index is 1.81. The second-order valence-electron chi connectivity index (χ2n) is 6.48. The van der Waals surface area contributed by atoms with Gasteiger partial charge in [-0.2, -0.15) is 18.3 Å². The molecule has 1 saturated heterocycles. The van der Waals surface area contributed by atoms with Gasteiger partial charge in [-0.25, -0.2) is 9.07 Å². The van der Waals surface area contributed by atoms with E-state index in [-0.39, 0.29) is 18.3 Å². The predicted octanol–water partition coefficient (Wildman–Crippen LogP) is 2.48. The molecule has 28 heavy (non-hydrogen) atoms. The van der Waals surface area contributed by atoms with Crippen LogP contribution in [0.4, 0.5) is 17.6 Å². The van der Waals surface area contributed by atoms with E-state index in [1.54, 1.807) is 0 Å². The summed E-state index contributed by atoms with van der Waals surface area (Å²) in [6.45, 7) is 4.57. The number of rotatable bonds is 5. The Hall–Kier alpha value is -2.46. The van der Waals surface area contributed by atoms with Crippen LogP contribution in [0.25, 0.3) is 5.69 Å². The zero-order chi connectivity index (χ0) is 20.3. The van der Waals surface area contributed by atoms with Crippen LogP contribution in [0.5, 0.6) is 0 Å². The van der Waals surface area contributed by atoms with Gasteiger partial charge in [0.2, 0.25) is 0 Å². The summed E-state index contributed by atoms with van der Waals surface area (Å²) in [5, 5.41) is 6.14. The number of nitrogens with zero attached hydrogens (tertiary/aromatic N) is 3. The van der Waals surface area contributed by atoms with Crippen LogP contribution in [0.15, 0.2) is 30.5 Å². The minimum absolute atomic E-state index is 0.0659. The molecule has 1 amide bonds. The average molecular weight is 400 g/mol. The van der Waals surface area contributed by atoms with Crippen LogP contribution in [0.1, 0.15) is 23.0 Å². The van der Waals surface area contributed by atoms with Crippen molar-refractivity contribution in [2.24, 2.45) is 0 Å². The van der Waals surface area contributed by atoms with Crippen LogP contribution in [-0.2, 0) is 10.9 Å². The third-order valence-corrected chi connectivity index (χ3v) is 4.59. The van der Waals surface area contributed by atoms with E-state index in [1.807, 2.05) is 6.92 Å². The Morgan fingerprint density at radius 3 is 2.61 bits per heavy atom. The molecule has 0 aliphatic carbocycles. The largest absolute Gasteiger partial charge is 0.434 e. The lowest BCUT2D eigenvalue weighted by Gasteiger charge is -2.32. The smallest absolute Gasteiger partial charge is 0.379 e. The number of nitrogens with one attached hydrogen (secondary N) is 1. The summed E-state index contributed by atoms with van der Waals surface area (Å²) in [4.78, 5) is 14.5. The van der Waals surface area contributed by atoms with E-state index in [0.717, 1.165) is 12.3 Å². The van der Waals surface area contributed by atoms with Gasteiger partial charge >= 0.3 is 6.18 Å². The number of halogens is 4. The Kier molecular flexibility index (Phi) is 5.99. The van der Waals surface area contributed by atoms with Crippen molar-refractivity contribution in [3.63, 3.8) is 0 Å². The van der Waals surface area contributed by atoms with E-state index in [1.165, 1.54) is 18.2 Å². The minimum atomic E-state index is -4.89. The quantitative estimate of drug-likeness (QED) is 0.784. The Morgan fingerprint density at radius 1 is 1.29 bits per heavy atom. The van der Waals surface area contributed by atoms with Crippen LogP contribution in [0.3, 0.4) is 0 Å². The number of para-hydroxylation sites is 1. The molecular formula is C18H20F4N4O2. The monoisotopic (exact) mass is 400 g/mol. The van der Waals surface area contributed by atoms with Gasteiger partial charge < -0.3 is 10.1 Å². The molecule has 0 spiro atoms. The van der Waals surface area contributed by atoms with Crippen molar-refractivity contribution in [3.8, 4) is 5.69 Å². The van der Waals surface area contributed by atoms with E-state index in [9.17, 15) is 22.4 Å². The number of hydrogen-bond donors (Lipinski definition) is 1. The highest BCUT2D eigenvalue weighted by Crippen LogP contribution is 2.34. The van der Waals surface area contributed by atoms with E-state index in [2.05, 4.69) is 15.3 Å². The Bertz CT molecular complexity index is 831. The molecule has 0 radical (unpaired) electrons. The van der Waals surface area contributed by atoms with Gasteiger partial charge in [-0.15, -0.1) is 0 Å². The molecular weight excluding hydrogens is 380 g/mol. The summed E-state index contributed by atoms with van der Waals surface area (Å²) in [5.41, 5.74) is -2.34. The highest BCUT2D eigenvalue weighted by Gasteiger charge is 2.41. The first-order valence-electron chi connectivity index (χ1n) is 8.79. The van der Waals surface area contributed by atoms with Gasteiger partial charge in [0.15, 0.2) is 5.69 Å². The van der Waals surface area contributed by atoms with E-state index in [0.29, 0.717) is 31.0 Å². The van der Waals surface area contributed by atoms with Crippen LogP contribution in [0.2, 0.25) is 0 Å². The minimum Gasteiger partial charge on any atom is -0.379 e. The highest BCUT2D eigenvalue weighted by molar-refractivity contribution is 5.95. The van der Waals surface area contributed by atoms with Gasteiger partial charge in [-0.3, -0.25) is 9.69 Å². The van der Waals surface area contributed by atoms with Gasteiger partial charge in [0.25, 0.3) is 5.91 Å². The molecule has 1 aliphatic rings. The van der Waals surface area contributed by atoms with Crippen molar-refractivity contribution in [1.82, 2.24) is 20.0 Å². The molecule has 10 heteroatoms. The molecule has 1 fully saturated rings. The summed E-state index contributed by atoms with van der Waals surface area (Å²) in [5.74, 6) is -1.78. The summed E-state index contributed by atoms with van der Waals surface area (Å²) < 4.78 is 60.5. The molecule has 1 aliphatic heterocycles. The molecule has 0 bridgehead atoms. The lowest BCUT2D eigenvalue weighted by Crippen LogP contribution is -2.47. The van der Waals surface area contributed by atoms with Crippen molar-refractivity contribution in [1.29, 1.82) is 0 Å². The van der Waals surface area contributed by atoms with E-state index in [4.69, 9.17) is 4.74 Å². The molecule has 6 nitrogen and oxygen atoms in total. The maximum absolute atomic E-state index is 14.0. The molecule has 1 aromatic carbocycles. The molecule has 2 aromatic rings. The summed E-state index contributed by atoms with van der Waals surface area (Å²) in [6, 6.07) is 4.88. The SMILES string of the molecule is CC(CNC(=O)c1cnn(-c2ccccc2F)c1C(F)(F)F)N1CCOCC1. The zero-order valence-electron chi connectivity index (χ0n) is 15.2. The molecule has 1 atom stereocenters.